The summed E-state index contributed by atoms with van der Waals surface area (Å²) < 4.78 is 23.3. The highest BCUT2D eigenvalue weighted by Crippen LogP contribution is 2.38. The maximum atomic E-state index is 12.9. The van der Waals surface area contributed by atoms with Gasteiger partial charge < -0.3 is 28.8 Å². The lowest BCUT2D eigenvalue weighted by molar-refractivity contribution is -0.870. The number of aliphatic hydroxyl groups is 1. The van der Waals surface area contributed by atoms with Gasteiger partial charge in [-0.2, -0.15) is 0 Å². The Labute approximate surface area is 379 Å². The molecule has 0 rings (SSSR count). The Morgan fingerprint density at radius 1 is 0.574 bits per heavy atom. The van der Waals surface area contributed by atoms with E-state index in [4.69, 9.17) is 9.05 Å². The van der Waals surface area contributed by atoms with Gasteiger partial charge in [-0.1, -0.05) is 224 Å². The smallest absolute Gasteiger partial charge is 0.268 e. The fourth-order valence-corrected chi connectivity index (χ4v) is 8.50. The summed E-state index contributed by atoms with van der Waals surface area (Å²) in [7, 11) is 1.31. The predicted molar refractivity (Wildman–Crippen MR) is 261 cm³/mol. The largest absolute Gasteiger partial charge is 0.756 e. The van der Waals surface area contributed by atoms with E-state index in [1.54, 1.807) is 0 Å². The first-order valence-electron chi connectivity index (χ1n) is 26.2. The van der Waals surface area contributed by atoms with E-state index in [0.717, 1.165) is 44.9 Å². The Morgan fingerprint density at radius 3 is 1.36 bits per heavy atom. The van der Waals surface area contributed by atoms with E-state index in [2.05, 4.69) is 43.5 Å². The van der Waals surface area contributed by atoms with E-state index >= 15 is 0 Å². The van der Waals surface area contributed by atoms with Crippen LogP contribution in [0, 0.1) is 0 Å². The second-order valence-corrected chi connectivity index (χ2v) is 20.6. The first-order valence-corrected chi connectivity index (χ1v) is 27.6. The highest BCUT2D eigenvalue weighted by Gasteiger charge is 2.24. The second-order valence-electron chi connectivity index (χ2n) is 19.2. The highest BCUT2D eigenvalue weighted by molar-refractivity contribution is 7.45. The van der Waals surface area contributed by atoms with Crippen LogP contribution in [0.25, 0.3) is 0 Å². The number of nitrogens with zero attached hydrogens (tertiary/aromatic N) is 1. The van der Waals surface area contributed by atoms with Crippen LogP contribution in [0.3, 0.4) is 0 Å². The molecule has 1 amide bonds. The molecule has 0 spiro atoms. The fourth-order valence-electron chi connectivity index (χ4n) is 7.78. The number of likely N-dealkylation sites (N-methyl/N-ethyl adjacent to an activating group) is 1. The van der Waals surface area contributed by atoms with Crippen molar-refractivity contribution in [2.75, 3.05) is 40.9 Å². The van der Waals surface area contributed by atoms with Gasteiger partial charge in [-0.05, 0) is 44.9 Å². The molecule has 0 heterocycles. The van der Waals surface area contributed by atoms with Crippen molar-refractivity contribution in [3.05, 3.63) is 24.3 Å². The molecule has 0 radical (unpaired) electrons. The van der Waals surface area contributed by atoms with Crippen molar-refractivity contribution in [3.8, 4) is 0 Å². The van der Waals surface area contributed by atoms with Gasteiger partial charge in [0.2, 0.25) is 5.91 Å². The van der Waals surface area contributed by atoms with Crippen LogP contribution in [-0.4, -0.2) is 68.5 Å². The molecule has 3 unspecified atom stereocenters. The summed E-state index contributed by atoms with van der Waals surface area (Å²) in [5.74, 6) is -0.163. The van der Waals surface area contributed by atoms with Gasteiger partial charge in [0.1, 0.15) is 13.2 Å². The van der Waals surface area contributed by atoms with Crippen LogP contribution in [0.1, 0.15) is 251 Å². The van der Waals surface area contributed by atoms with Crippen molar-refractivity contribution in [2.45, 2.75) is 264 Å². The molecule has 0 aliphatic carbocycles. The number of carbonyl (C=O) groups is 1. The molecule has 8 nitrogen and oxygen atoms in total. The lowest BCUT2D eigenvalue weighted by atomic mass is 10.0. The number of unbranched alkanes of at least 4 members (excludes halogenated alkanes) is 31. The van der Waals surface area contributed by atoms with Gasteiger partial charge in [0, 0.05) is 6.42 Å². The summed E-state index contributed by atoms with van der Waals surface area (Å²) in [6.07, 6.45) is 53.4. The molecule has 0 aromatic carbocycles. The van der Waals surface area contributed by atoms with Gasteiger partial charge in [0.25, 0.3) is 7.82 Å². The number of hydrogen-bond acceptors (Lipinski definition) is 6. The van der Waals surface area contributed by atoms with Crippen molar-refractivity contribution in [1.82, 2.24) is 5.32 Å². The van der Waals surface area contributed by atoms with Gasteiger partial charge in [-0.25, -0.2) is 0 Å². The number of rotatable bonds is 48. The lowest BCUT2D eigenvalue weighted by Gasteiger charge is -2.30. The number of allylic oxidation sites excluding steroid dienone is 4. The summed E-state index contributed by atoms with van der Waals surface area (Å²) >= 11 is 0. The number of phosphoric ester groups is 1. The Hall–Kier alpha value is -1.02. The molecule has 0 saturated carbocycles. The van der Waals surface area contributed by atoms with E-state index in [1.165, 1.54) is 180 Å². The van der Waals surface area contributed by atoms with Crippen molar-refractivity contribution < 1.29 is 32.9 Å². The van der Waals surface area contributed by atoms with Crippen molar-refractivity contribution in [2.24, 2.45) is 0 Å². The Balaban J connectivity index is 4.09. The van der Waals surface area contributed by atoms with Gasteiger partial charge in [0.15, 0.2) is 0 Å². The van der Waals surface area contributed by atoms with E-state index in [1.807, 2.05) is 21.1 Å². The summed E-state index contributed by atoms with van der Waals surface area (Å²) in [6.45, 7) is 4.72. The average Bonchev–Trinajstić information content (AvgIpc) is 3.21. The predicted octanol–water partition coefficient (Wildman–Crippen LogP) is 14.6. The molecule has 61 heavy (non-hydrogen) atoms. The quantitative estimate of drug-likeness (QED) is 0.0273. The standard InChI is InChI=1S/C52H103N2O6P/c1-6-8-10-12-14-16-18-20-21-22-23-24-25-26-27-28-29-30-31-32-33-34-36-38-40-42-44-46-52(56)53-50(49-60-61(57,58)59-48-47-54(3,4)5)51(55)45-43-41-39-37-35-19-17-15-13-11-9-7-2/h18,20,22-23,50-51,55H,6-17,19,21,24-49H2,1-5H3,(H-,53,56,57,58)/b20-18-,23-22-. The van der Waals surface area contributed by atoms with Crippen LogP contribution in [0.2, 0.25) is 0 Å². The van der Waals surface area contributed by atoms with E-state index in [0.29, 0.717) is 23.9 Å². The maximum absolute atomic E-state index is 12.9. The molecule has 0 aromatic rings. The maximum Gasteiger partial charge on any atom is 0.268 e. The van der Waals surface area contributed by atoms with Crippen molar-refractivity contribution in [1.29, 1.82) is 0 Å². The molecule has 0 fully saturated rings. The number of aliphatic hydroxyl groups excluding tert-OH is 1. The van der Waals surface area contributed by atoms with Gasteiger partial charge in [0.05, 0.1) is 39.9 Å². The van der Waals surface area contributed by atoms with Crippen LogP contribution in [0.5, 0.6) is 0 Å². The topological polar surface area (TPSA) is 108 Å². The third-order valence-electron chi connectivity index (χ3n) is 11.9. The monoisotopic (exact) mass is 883 g/mol. The third kappa shape index (κ3) is 46.8. The van der Waals surface area contributed by atoms with E-state index in [-0.39, 0.29) is 19.1 Å². The zero-order chi connectivity index (χ0) is 45.0. The molecule has 0 bridgehead atoms. The zero-order valence-electron chi connectivity index (χ0n) is 41.1. The minimum atomic E-state index is -4.56. The molecule has 362 valence electrons. The third-order valence-corrected chi connectivity index (χ3v) is 12.9. The van der Waals surface area contributed by atoms with E-state index in [9.17, 15) is 19.4 Å². The fraction of sp³-hybridized carbons (Fsp3) is 0.904. The first kappa shape index (κ1) is 60.0. The number of phosphoric acid groups is 1. The van der Waals surface area contributed by atoms with Crippen LogP contribution < -0.4 is 10.2 Å². The number of quaternary nitrogens is 1. The average molecular weight is 883 g/mol. The SMILES string of the molecule is CCCCCCC/C=C\C/C=C\CCCCCCCCCCCCCCCCCC(=O)NC(COP(=O)([O-])OCC[N+](C)(C)C)C(O)CCCCCCCCCCCCCC. The summed E-state index contributed by atoms with van der Waals surface area (Å²) in [5, 5.41) is 13.9. The zero-order valence-corrected chi connectivity index (χ0v) is 42.0. The minimum absolute atomic E-state index is 0.0136. The first-order chi connectivity index (χ1) is 29.5. The molecule has 0 aliphatic rings. The van der Waals surface area contributed by atoms with Crippen LogP contribution in [0.4, 0.5) is 0 Å². The molecule has 0 saturated heterocycles. The van der Waals surface area contributed by atoms with Gasteiger partial charge in [-0.3, -0.25) is 9.36 Å². The van der Waals surface area contributed by atoms with Crippen LogP contribution in [0.15, 0.2) is 24.3 Å². The Bertz CT molecular complexity index is 1050. The molecular weight excluding hydrogens is 780 g/mol. The minimum Gasteiger partial charge on any atom is -0.756 e. The highest BCUT2D eigenvalue weighted by atomic mass is 31.2. The van der Waals surface area contributed by atoms with Gasteiger partial charge >= 0.3 is 0 Å². The number of hydrogen-bond donors (Lipinski definition) is 2. The van der Waals surface area contributed by atoms with Crippen LogP contribution >= 0.6 is 7.82 Å². The van der Waals surface area contributed by atoms with Crippen molar-refractivity contribution >= 4 is 13.7 Å². The summed E-state index contributed by atoms with van der Waals surface area (Å²) in [6, 6.07) is -0.797. The Kier molecular flexibility index (Phi) is 43.5. The summed E-state index contributed by atoms with van der Waals surface area (Å²) in [4.78, 5) is 25.4. The molecule has 9 heteroatoms. The normalized spacial score (nSPS) is 14.3. The molecule has 0 aromatic heterocycles. The van der Waals surface area contributed by atoms with Crippen LogP contribution in [-0.2, 0) is 18.4 Å². The number of nitrogens with one attached hydrogen (secondary N) is 1. The summed E-state index contributed by atoms with van der Waals surface area (Å²) in [5.41, 5.74) is 0. The lowest BCUT2D eigenvalue weighted by Crippen LogP contribution is -2.46. The molecule has 0 aliphatic heterocycles. The van der Waals surface area contributed by atoms with E-state index < -0.39 is 20.0 Å². The molecule has 2 N–H and O–H groups in total. The molecular formula is C52H103N2O6P. The number of carbonyl (C=O) groups excluding carboxylic acids is 1. The Morgan fingerprint density at radius 2 is 0.951 bits per heavy atom. The van der Waals surface area contributed by atoms with Crippen molar-refractivity contribution in [3.63, 3.8) is 0 Å². The number of amides is 1. The molecule has 3 atom stereocenters. The van der Waals surface area contributed by atoms with Gasteiger partial charge in [-0.15, -0.1) is 0 Å². The second kappa shape index (κ2) is 44.2.